The van der Waals surface area contributed by atoms with Gasteiger partial charge in [-0.25, -0.2) is 0 Å². The van der Waals surface area contributed by atoms with Gasteiger partial charge in [-0.1, -0.05) is 0 Å². The highest BCUT2D eigenvalue weighted by Crippen LogP contribution is 2.34. The number of alkyl halides is 3. The molecule has 6 heteroatoms. The van der Waals surface area contributed by atoms with E-state index in [0.717, 1.165) is 31.4 Å². The largest absolute Gasteiger partial charge is 0.491 e. The normalized spacial score (nSPS) is 19.4. The molecule has 1 aliphatic heterocycles. The molecule has 1 aromatic carbocycles. The first-order chi connectivity index (χ1) is 9.50. The van der Waals surface area contributed by atoms with Crippen molar-refractivity contribution in [2.24, 2.45) is 0 Å². The molecule has 1 unspecified atom stereocenters. The van der Waals surface area contributed by atoms with Crippen molar-refractivity contribution in [1.82, 2.24) is 0 Å². The number of halogens is 3. The van der Waals surface area contributed by atoms with Crippen LogP contribution in [0.25, 0.3) is 0 Å². The Hall–Kier alpha value is -1.74. The van der Waals surface area contributed by atoms with E-state index in [0.29, 0.717) is 6.61 Å². The van der Waals surface area contributed by atoms with Crippen LogP contribution in [0.5, 0.6) is 5.75 Å². The first-order valence-corrected chi connectivity index (χ1v) is 6.36. The van der Waals surface area contributed by atoms with Gasteiger partial charge >= 0.3 is 6.18 Å². The van der Waals surface area contributed by atoms with Crippen molar-refractivity contribution in [1.29, 1.82) is 5.26 Å². The van der Waals surface area contributed by atoms with E-state index in [1.807, 2.05) is 0 Å². The monoisotopic (exact) mass is 285 g/mol. The lowest BCUT2D eigenvalue weighted by Crippen LogP contribution is -2.25. The molecular formula is C14H14F3NO2. The van der Waals surface area contributed by atoms with Crippen LogP contribution < -0.4 is 4.74 Å². The van der Waals surface area contributed by atoms with Crippen molar-refractivity contribution >= 4 is 0 Å². The molecule has 0 bridgehead atoms. The van der Waals surface area contributed by atoms with Crippen LogP contribution in [0, 0.1) is 11.3 Å². The molecule has 1 heterocycles. The summed E-state index contributed by atoms with van der Waals surface area (Å²) < 4.78 is 49.1. The molecule has 0 radical (unpaired) electrons. The van der Waals surface area contributed by atoms with E-state index in [1.165, 1.54) is 12.1 Å². The van der Waals surface area contributed by atoms with Gasteiger partial charge in [0.05, 0.1) is 23.3 Å². The summed E-state index contributed by atoms with van der Waals surface area (Å²) in [5, 5.41) is 8.70. The molecule has 1 aromatic rings. The van der Waals surface area contributed by atoms with Crippen molar-refractivity contribution < 1.29 is 22.6 Å². The summed E-state index contributed by atoms with van der Waals surface area (Å²) in [5.41, 5.74) is -1.37. The zero-order valence-corrected chi connectivity index (χ0v) is 10.7. The Morgan fingerprint density at radius 3 is 2.75 bits per heavy atom. The summed E-state index contributed by atoms with van der Waals surface area (Å²) in [6.45, 7) is 0.887. The van der Waals surface area contributed by atoms with Crippen molar-refractivity contribution in [3.63, 3.8) is 0 Å². The van der Waals surface area contributed by atoms with Crippen LogP contribution in [0.15, 0.2) is 18.2 Å². The molecular weight excluding hydrogens is 271 g/mol. The van der Waals surface area contributed by atoms with E-state index in [-0.39, 0.29) is 18.5 Å². The summed E-state index contributed by atoms with van der Waals surface area (Å²) in [6.07, 6.45) is -1.75. The minimum absolute atomic E-state index is 0.0752. The fraction of sp³-hybridized carbons (Fsp3) is 0.500. The van der Waals surface area contributed by atoms with Crippen LogP contribution in [0.1, 0.15) is 30.4 Å². The zero-order valence-electron chi connectivity index (χ0n) is 10.7. The second-order valence-corrected chi connectivity index (χ2v) is 4.62. The fourth-order valence-corrected chi connectivity index (χ4v) is 2.07. The molecule has 0 amide bonds. The molecule has 1 atom stereocenters. The Morgan fingerprint density at radius 2 is 2.15 bits per heavy atom. The topological polar surface area (TPSA) is 42.2 Å². The molecule has 2 rings (SSSR count). The minimum atomic E-state index is -4.56. The molecule has 0 aliphatic carbocycles. The van der Waals surface area contributed by atoms with Crippen molar-refractivity contribution in [3.05, 3.63) is 29.3 Å². The van der Waals surface area contributed by atoms with Gasteiger partial charge in [-0.2, -0.15) is 18.4 Å². The van der Waals surface area contributed by atoms with E-state index >= 15 is 0 Å². The maximum Gasteiger partial charge on any atom is 0.417 e. The van der Waals surface area contributed by atoms with E-state index in [2.05, 4.69) is 0 Å². The maximum atomic E-state index is 12.8. The smallest absolute Gasteiger partial charge is 0.417 e. The van der Waals surface area contributed by atoms with Crippen LogP contribution in [0.4, 0.5) is 13.2 Å². The quantitative estimate of drug-likeness (QED) is 0.853. The highest BCUT2D eigenvalue weighted by molar-refractivity contribution is 5.44. The number of hydrogen-bond acceptors (Lipinski definition) is 3. The van der Waals surface area contributed by atoms with Crippen molar-refractivity contribution in [3.8, 4) is 11.8 Å². The van der Waals surface area contributed by atoms with Crippen LogP contribution in [-0.2, 0) is 10.9 Å². The van der Waals surface area contributed by atoms with E-state index < -0.39 is 17.3 Å². The molecule has 1 saturated heterocycles. The van der Waals surface area contributed by atoms with Crippen molar-refractivity contribution in [2.75, 3.05) is 13.2 Å². The van der Waals surface area contributed by atoms with Crippen LogP contribution >= 0.6 is 0 Å². The molecule has 0 saturated carbocycles. The summed E-state index contributed by atoms with van der Waals surface area (Å²) in [4.78, 5) is 0. The van der Waals surface area contributed by atoms with Gasteiger partial charge in [-0.05, 0) is 37.5 Å². The average molecular weight is 285 g/mol. The zero-order chi connectivity index (χ0) is 14.6. The summed E-state index contributed by atoms with van der Waals surface area (Å²) in [7, 11) is 0. The third-order valence-corrected chi connectivity index (χ3v) is 3.13. The standard InChI is InChI=1S/C14H14F3NO2/c15-14(16,17)13-7-11(5-4-10(13)8-18)20-9-12-3-1-2-6-19-12/h4-5,7,12H,1-3,6,9H2. The lowest BCUT2D eigenvalue weighted by atomic mass is 10.1. The first kappa shape index (κ1) is 14.7. The van der Waals surface area contributed by atoms with E-state index in [1.54, 1.807) is 0 Å². The predicted octanol–water partition coefficient (Wildman–Crippen LogP) is 3.52. The first-order valence-electron chi connectivity index (χ1n) is 6.36. The van der Waals surface area contributed by atoms with Crippen molar-refractivity contribution in [2.45, 2.75) is 31.5 Å². The van der Waals surface area contributed by atoms with Gasteiger partial charge in [-0.3, -0.25) is 0 Å². The van der Waals surface area contributed by atoms with Gasteiger partial charge in [0.2, 0.25) is 0 Å². The minimum Gasteiger partial charge on any atom is -0.491 e. The second-order valence-electron chi connectivity index (χ2n) is 4.62. The molecule has 20 heavy (non-hydrogen) atoms. The molecule has 108 valence electrons. The maximum absolute atomic E-state index is 12.8. The number of rotatable bonds is 3. The summed E-state index contributed by atoms with van der Waals surface area (Å²) in [6, 6.07) is 4.89. The summed E-state index contributed by atoms with van der Waals surface area (Å²) >= 11 is 0. The highest BCUT2D eigenvalue weighted by Gasteiger charge is 2.34. The third kappa shape index (κ3) is 3.64. The third-order valence-electron chi connectivity index (χ3n) is 3.13. The average Bonchev–Trinajstić information content (AvgIpc) is 2.45. The highest BCUT2D eigenvalue weighted by atomic mass is 19.4. The SMILES string of the molecule is N#Cc1ccc(OCC2CCCCO2)cc1C(F)(F)F. The molecule has 1 aliphatic rings. The lowest BCUT2D eigenvalue weighted by molar-refractivity contribution is -0.137. The van der Waals surface area contributed by atoms with Gasteiger partial charge in [0.15, 0.2) is 0 Å². The predicted molar refractivity (Wildman–Crippen MR) is 65.2 cm³/mol. The Labute approximate surface area is 114 Å². The molecule has 0 spiro atoms. The number of nitriles is 1. The Bertz CT molecular complexity index is 502. The fourth-order valence-electron chi connectivity index (χ4n) is 2.07. The van der Waals surface area contributed by atoms with Gasteiger partial charge in [-0.15, -0.1) is 0 Å². The van der Waals surface area contributed by atoms with E-state index in [4.69, 9.17) is 14.7 Å². The molecule has 0 aromatic heterocycles. The van der Waals surface area contributed by atoms with Crippen LogP contribution in [0.2, 0.25) is 0 Å². The summed E-state index contributed by atoms with van der Waals surface area (Å²) in [5.74, 6) is 0.102. The number of hydrogen-bond donors (Lipinski definition) is 0. The van der Waals surface area contributed by atoms with Gasteiger partial charge < -0.3 is 9.47 Å². The molecule has 1 fully saturated rings. The van der Waals surface area contributed by atoms with E-state index in [9.17, 15) is 13.2 Å². The lowest BCUT2D eigenvalue weighted by Gasteiger charge is -2.22. The Kier molecular flexibility index (Phi) is 4.50. The Morgan fingerprint density at radius 1 is 1.35 bits per heavy atom. The molecule has 3 nitrogen and oxygen atoms in total. The second kappa shape index (κ2) is 6.14. The van der Waals surface area contributed by atoms with Crippen LogP contribution in [-0.4, -0.2) is 19.3 Å². The Balaban J connectivity index is 2.07. The van der Waals surface area contributed by atoms with Gasteiger partial charge in [0.25, 0.3) is 0 Å². The number of benzene rings is 1. The van der Waals surface area contributed by atoms with Gasteiger partial charge in [0.1, 0.15) is 12.4 Å². The number of nitrogens with zero attached hydrogens (tertiary/aromatic N) is 1. The number of ether oxygens (including phenoxy) is 2. The van der Waals surface area contributed by atoms with Gasteiger partial charge in [0, 0.05) is 6.61 Å². The molecule has 0 N–H and O–H groups in total. The van der Waals surface area contributed by atoms with Crippen LogP contribution in [0.3, 0.4) is 0 Å².